The number of nitrogens with zero attached hydrogens (tertiary/aromatic N) is 2. The molecule has 3 amide bonds. The fourth-order valence-electron chi connectivity index (χ4n) is 3.82. The van der Waals surface area contributed by atoms with Gasteiger partial charge in [-0.05, 0) is 38.0 Å². The molecule has 0 radical (unpaired) electrons. The Morgan fingerprint density at radius 2 is 1.94 bits per heavy atom. The summed E-state index contributed by atoms with van der Waals surface area (Å²) in [6, 6.07) is 7.24. The number of cyclic esters (lactones) is 1. The van der Waals surface area contributed by atoms with Gasteiger partial charge < -0.3 is 19.7 Å². The van der Waals surface area contributed by atoms with E-state index >= 15 is 0 Å². The fourth-order valence-corrected chi connectivity index (χ4v) is 3.82. The highest BCUT2D eigenvalue weighted by molar-refractivity contribution is 5.98. The van der Waals surface area contributed by atoms with Gasteiger partial charge in [-0.2, -0.15) is 0 Å². The summed E-state index contributed by atoms with van der Waals surface area (Å²) in [6.07, 6.45) is 2.19. The molecule has 184 valence electrons. The summed E-state index contributed by atoms with van der Waals surface area (Å²) in [7, 11) is 0. The molecule has 1 N–H and O–H groups in total. The zero-order valence-electron chi connectivity index (χ0n) is 19.5. The molecule has 0 aliphatic carbocycles. The summed E-state index contributed by atoms with van der Waals surface area (Å²) in [5.74, 6) is -1.62. The Morgan fingerprint density at radius 1 is 1.18 bits per heavy atom. The molecule has 2 aliphatic rings. The first-order valence-electron chi connectivity index (χ1n) is 11.4. The third-order valence-electron chi connectivity index (χ3n) is 5.49. The molecule has 2 heterocycles. The van der Waals surface area contributed by atoms with Gasteiger partial charge in [-0.25, -0.2) is 5.06 Å². The van der Waals surface area contributed by atoms with Crippen LogP contribution in [-0.2, 0) is 28.7 Å². The van der Waals surface area contributed by atoms with Crippen LogP contribution in [-0.4, -0.2) is 85.3 Å². The second kappa shape index (κ2) is 12.3. The van der Waals surface area contributed by atoms with Crippen molar-refractivity contribution in [2.75, 3.05) is 39.5 Å². The number of carbonyl (C=O) groups is 4. The molecule has 2 unspecified atom stereocenters. The molecule has 0 spiro atoms. The summed E-state index contributed by atoms with van der Waals surface area (Å²) in [6.45, 7) is 4.59. The van der Waals surface area contributed by atoms with Gasteiger partial charge in [0.25, 0.3) is 11.8 Å². The van der Waals surface area contributed by atoms with Gasteiger partial charge in [0.1, 0.15) is 25.2 Å². The topological polar surface area (TPSA) is 114 Å². The molecule has 10 nitrogen and oxygen atoms in total. The molecule has 10 heteroatoms. The molecule has 1 fully saturated rings. The van der Waals surface area contributed by atoms with E-state index in [1.54, 1.807) is 37.3 Å². The fraction of sp³-hybridized carbons (Fsp3) is 0.500. The van der Waals surface area contributed by atoms with E-state index in [1.807, 2.05) is 13.0 Å². The van der Waals surface area contributed by atoms with Crippen molar-refractivity contribution in [2.45, 2.75) is 38.8 Å². The Bertz CT molecular complexity index is 918. The van der Waals surface area contributed by atoms with Gasteiger partial charge in [-0.15, -0.1) is 0 Å². The largest absolute Gasteiger partial charge is 0.463 e. The lowest BCUT2D eigenvalue weighted by atomic mass is 10.1. The Labute approximate surface area is 198 Å². The highest BCUT2D eigenvalue weighted by Gasteiger charge is 2.36. The molecule has 1 saturated heterocycles. The number of esters is 1. The number of benzene rings is 1. The van der Waals surface area contributed by atoms with Crippen LogP contribution >= 0.6 is 0 Å². The average Bonchev–Trinajstić information content (AvgIpc) is 3.22. The minimum atomic E-state index is -0.837. The number of ether oxygens (including phenoxy) is 2. The van der Waals surface area contributed by atoms with E-state index in [1.165, 1.54) is 4.90 Å². The predicted molar refractivity (Wildman–Crippen MR) is 121 cm³/mol. The number of hydrogen-bond acceptors (Lipinski definition) is 7. The summed E-state index contributed by atoms with van der Waals surface area (Å²) in [5, 5.41) is 3.92. The molecule has 2 atom stereocenters. The van der Waals surface area contributed by atoms with Gasteiger partial charge in [0.2, 0.25) is 5.91 Å². The van der Waals surface area contributed by atoms with E-state index < -0.39 is 24.0 Å². The standard InChI is InChI=1S/C24H31N3O7/c1-3-32-15-17-10-11-20(25-23(30)18-8-6-5-7-9-18)24(31)26(13-17)14-21(28)27(34-4-2)19-12-22(29)33-16-19/h5-10,19-20H,3-4,11-16H2,1-2H3,(H,25,30). The van der Waals surface area contributed by atoms with Crippen LogP contribution in [0.25, 0.3) is 0 Å². The number of hydroxylamine groups is 2. The van der Waals surface area contributed by atoms with Crippen molar-refractivity contribution >= 4 is 23.7 Å². The molecular formula is C24H31N3O7. The van der Waals surface area contributed by atoms with Crippen LogP contribution in [0.2, 0.25) is 0 Å². The van der Waals surface area contributed by atoms with Crippen molar-refractivity contribution in [3.63, 3.8) is 0 Å². The van der Waals surface area contributed by atoms with Crippen molar-refractivity contribution in [2.24, 2.45) is 0 Å². The monoisotopic (exact) mass is 473 g/mol. The Kier molecular flexibility index (Phi) is 9.17. The summed E-state index contributed by atoms with van der Waals surface area (Å²) in [5.41, 5.74) is 1.27. The third kappa shape index (κ3) is 6.64. The van der Waals surface area contributed by atoms with E-state index in [9.17, 15) is 19.2 Å². The molecule has 1 aromatic rings. The number of hydrogen-bond donors (Lipinski definition) is 1. The number of carbonyl (C=O) groups excluding carboxylic acids is 4. The van der Waals surface area contributed by atoms with Gasteiger partial charge in [0.05, 0.1) is 19.6 Å². The maximum atomic E-state index is 13.4. The Morgan fingerprint density at radius 3 is 2.59 bits per heavy atom. The zero-order chi connectivity index (χ0) is 24.5. The van der Waals surface area contributed by atoms with Gasteiger partial charge in [-0.3, -0.25) is 24.0 Å². The van der Waals surface area contributed by atoms with Gasteiger partial charge in [-0.1, -0.05) is 24.3 Å². The first-order chi connectivity index (χ1) is 16.4. The first kappa shape index (κ1) is 25.4. The van der Waals surface area contributed by atoms with Crippen molar-refractivity contribution in [3.8, 4) is 0 Å². The maximum Gasteiger partial charge on any atom is 0.308 e. The second-order valence-electron chi connectivity index (χ2n) is 8.00. The van der Waals surface area contributed by atoms with E-state index in [2.05, 4.69) is 5.32 Å². The molecule has 1 aromatic carbocycles. The lowest BCUT2D eigenvalue weighted by molar-refractivity contribution is -0.199. The minimum Gasteiger partial charge on any atom is -0.463 e. The molecule has 0 bridgehead atoms. The van der Waals surface area contributed by atoms with Gasteiger partial charge >= 0.3 is 5.97 Å². The van der Waals surface area contributed by atoms with Crippen molar-refractivity contribution in [3.05, 3.63) is 47.5 Å². The molecule has 0 saturated carbocycles. The van der Waals surface area contributed by atoms with Crippen LogP contribution < -0.4 is 5.32 Å². The SMILES string of the molecule is CCOCC1=CCC(NC(=O)c2ccccc2)C(=O)N(CC(=O)N(OCC)C2COC(=O)C2)C1. The van der Waals surface area contributed by atoms with E-state index in [0.717, 1.165) is 10.6 Å². The van der Waals surface area contributed by atoms with Crippen molar-refractivity contribution in [1.29, 1.82) is 0 Å². The molecule has 3 rings (SSSR count). The second-order valence-corrected chi connectivity index (χ2v) is 8.00. The summed E-state index contributed by atoms with van der Waals surface area (Å²) in [4.78, 5) is 57.6. The third-order valence-corrected chi connectivity index (χ3v) is 5.49. The normalized spacial score (nSPS) is 20.4. The van der Waals surface area contributed by atoms with Crippen LogP contribution in [0.5, 0.6) is 0 Å². The number of rotatable bonds is 10. The molecule has 34 heavy (non-hydrogen) atoms. The van der Waals surface area contributed by atoms with Crippen LogP contribution in [0.3, 0.4) is 0 Å². The van der Waals surface area contributed by atoms with Crippen LogP contribution in [0.4, 0.5) is 0 Å². The minimum absolute atomic E-state index is 0.0327. The summed E-state index contributed by atoms with van der Waals surface area (Å²) < 4.78 is 10.5. The lowest BCUT2D eigenvalue weighted by Gasteiger charge is -2.30. The Balaban J connectivity index is 1.76. The smallest absolute Gasteiger partial charge is 0.308 e. The van der Waals surface area contributed by atoms with Crippen molar-refractivity contribution in [1.82, 2.24) is 15.3 Å². The van der Waals surface area contributed by atoms with Gasteiger partial charge in [0, 0.05) is 18.7 Å². The van der Waals surface area contributed by atoms with Gasteiger partial charge in [0.15, 0.2) is 0 Å². The van der Waals surface area contributed by atoms with Crippen LogP contribution in [0.15, 0.2) is 42.0 Å². The average molecular weight is 474 g/mol. The lowest BCUT2D eigenvalue weighted by Crippen LogP contribution is -2.52. The van der Waals surface area contributed by atoms with E-state index in [4.69, 9.17) is 14.3 Å². The van der Waals surface area contributed by atoms with E-state index in [0.29, 0.717) is 18.8 Å². The van der Waals surface area contributed by atoms with Crippen LogP contribution in [0.1, 0.15) is 37.0 Å². The predicted octanol–water partition coefficient (Wildman–Crippen LogP) is 1.08. The van der Waals surface area contributed by atoms with Crippen molar-refractivity contribution < 1.29 is 33.5 Å². The first-order valence-corrected chi connectivity index (χ1v) is 11.4. The number of nitrogens with one attached hydrogen (secondary N) is 1. The van der Waals surface area contributed by atoms with E-state index in [-0.39, 0.29) is 51.0 Å². The van der Waals surface area contributed by atoms with Crippen LogP contribution in [0, 0.1) is 0 Å². The molecular weight excluding hydrogens is 442 g/mol. The quantitative estimate of drug-likeness (QED) is 0.307. The zero-order valence-corrected chi connectivity index (χ0v) is 19.5. The highest BCUT2D eigenvalue weighted by atomic mass is 16.7. The number of amides is 3. The highest BCUT2D eigenvalue weighted by Crippen LogP contribution is 2.18. The Hall–Kier alpha value is -3.24. The molecule has 2 aliphatic heterocycles. The maximum absolute atomic E-state index is 13.4. The summed E-state index contributed by atoms with van der Waals surface area (Å²) >= 11 is 0. The molecule has 0 aromatic heterocycles.